The average molecular weight is 379 g/mol. The Morgan fingerprint density at radius 1 is 1.22 bits per heavy atom. The fourth-order valence-corrected chi connectivity index (χ4v) is 2.86. The fraction of sp³-hybridized carbons (Fsp3) is 0.278. The summed E-state index contributed by atoms with van der Waals surface area (Å²) in [5, 5.41) is 0. The maximum Gasteiger partial charge on any atom is 0.419 e. The molecule has 0 amide bonds. The Morgan fingerprint density at radius 3 is 2.59 bits per heavy atom. The number of pyridine rings is 1. The van der Waals surface area contributed by atoms with Crippen molar-refractivity contribution in [2.75, 3.05) is 0 Å². The van der Waals surface area contributed by atoms with Crippen molar-refractivity contribution < 1.29 is 17.6 Å². The van der Waals surface area contributed by atoms with E-state index in [9.17, 15) is 17.6 Å². The number of nitrogens with two attached hydrogens (primary N) is 1. The van der Waals surface area contributed by atoms with E-state index in [-0.39, 0.29) is 22.8 Å². The predicted molar refractivity (Wildman–Crippen MR) is 94.4 cm³/mol. The summed E-state index contributed by atoms with van der Waals surface area (Å²) >= 11 is 0. The van der Waals surface area contributed by atoms with Gasteiger partial charge in [0.2, 0.25) is 0 Å². The van der Waals surface area contributed by atoms with Crippen LogP contribution in [0, 0.1) is 5.82 Å². The van der Waals surface area contributed by atoms with Crippen LogP contribution in [0.3, 0.4) is 0 Å². The van der Waals surface area contributed by atoms with Crippen molar-refractivity contribution in [1.82, 2.24) is 10.4 Å². The van der Waals surface area contributed by atoms with E-state index in [1.165, 1.54) is 6.20 Å². The van der Waals surface area contributed by atoms with Gasteiger partial charge in [-0.25, -0.2) is 15.2 Å². The van der Waals surface area contributed by atoms with Crippen LogP contribution in [0.4, 0.5) is 23.2 Å². The first-order chi connectivity index (χ1) is 12.8. The third kappa shape index (κ3) is 3.82. The second-order valence-corrected chi connectivity index (χ2v) is 5.99. The third-order valence-electron chi connectivity index (χ3n) is 4.10. The van der Waals surface area contributed by atoms with E-state index < -0.39 is 23.6 Å². The second kappa shape index (κ2) is 7.43. The van der Waals surface area contributed by atoms with Gasteiger partial charge >= 0.3 is 6.18 Å². The molecule has 2 heterocycles. The molecule has 1 atom stereocenters. The van der Waals surface area contributed by atoms with Crippen molar-refractivity contribution in [3.63, 3.8) is 0 Å². The van der Waals surface area contributed by atoms with Gasteiger partial charge in [0, 0.05) is 11.8 Å². The van der Waals surface area contributed by atoms with E-state index in [2.05, 4.69) is 20.4 Å². The molecule has 0 fully saturated rings. The molecule has 3 rings (SSSR count). The predicted octanol–water partition coefficient (Wildman–Crippen LogP) is 3.75. The molecule has 1 aromatic carbocycles. The zero-order valence-corrected chi connectivity index (χ0v) is 14.4. The summed E-state index contributed by atoms with van der Waals surface area (Å²) in [6.07, 6.45) is -2.02. The van der Waals surface area contributed by atoms with Crippen LogP contribution in [-0.2, 0) is 6.18 Å². The van der Waals surface area contributed by atoms with Crippen LogP contribution in [0.5, 0.6) is 0 Å². The van der Waals surface area contributed by atoms with Gasteiger partial charge in [0.15, 0.2) is 0 Å². The number of nitrogens with one attached hydrogen (secondary N) is 1. The summed E-state index contributed by atoms with van der Waals surface area (Å²) in [5.41, 5.74) is 1.76. The van der Waals surface area contributed by atoms with Crippen molar-refractivity contribution in [3.05, 3.63) is 59.2 Å². The van der Waals surface area contributed by atoms with Gasteiger partial charge in [0.05, 0.1) is 22.7 Å². The Kier molecular flexibility index (Phi) is 5.22. The lowest BCUT2D eigenvalue weighted by Crippen LogP contribution is -2.38. The maximum atomic E-state index is 14.2. The van der Waals surface area contributed by atoms with Gasteiger partial charge in [-0.1, -0.05) is 19.4 Å². The summed E-state index contributed by atoms with van der Waals surface area (Å²) in [4.78, 5) is 13.0. The number of hydrazine groups is 1. The first-order valence-electron chi connectivity index (χ1n) is 8.30. The number of halogens is 4. The molecule has 1 aliphatic heterocycles. The van der Waals surface area contributed by atoms with Crippen LogP contribution in [0.1, 0.15) is 36.6 Å². The zero-order chi connectivity index (χ0) is 19.6. The minimum atomic E-state index is -4.84. The molecule has 1 unspecified atom stereocenters. The Morgan fingerprint density at radius 2 is 2.00 bits per heavy atom. The molecule has 142 valence electrons. The molecule has 1 aromatic heterocycles. The van der Waals surface area contributed by atoms with Crippen LogP contribution < -0.4 is 11.3 Å². The van der Waals surface area contributed by atoms with Crippen molar-refractivity contribution in [2.45, 2.75) is 32.0 Å². The topological polar surface area (TPSA) is 75.7 Å². The number of benzene rings is 1. The van der Waals surface area contributed by atoms with E-state index in [1.807, 2.05) is 6.92 Å². The van der Waals surface area contributed by atoms with Crippen LogP contribution in [0.2, 0.25) is 0 Å². The molecular weight excluding hydrogens is 362 g/mol. The number of amidine groups is 1. The standard InChI is InChI=1S/C18H17F4N5/c1-2-5-14-17(27-23)26-15-9-11(18(20,21)22)12(19)8-10(15)16(25-14)13-6-3-4-7-24-13/h3-4,6-9,14H,2,5,23H2,1H3,(H,26,27). The first kappa shape index (κ1) is 19.0. The Labute approximate surface area is 153 Å². The van der Waals surface area contributed by atoms with Crippen LogP contribution in [-0.4, -0.2) is 22.6 Å². The number of aliphatic imine (C=N–C) groups is 2. The molecule has 0 saturated carbocycles. The smallest absolute Gasteiger partial charge is 0.310 e. The number of aromatic nitrogens is 1. The monoisotopic (exact) mass is 379 g/mol. The Bertz CT molecular complexity index is 891. The van der Waals surface area contributed by atoms with Gasteiger partial charge in [-0.3, -0.25) is 9.98 Å². The van der Waals surface area contributed by atoms with E-state index in [0.29, 0.717) is 18.2 Å². The number of alkyl halides is 3. The molecule has 2 aromatic rings. The van der Waals surface area contributed by atoms with E-state index in [4.69, 9.17) is 5.84 Å². The highest BCUT2D eigenvalue weighted by molar-refractivity contribution is 6.16. The van der Waals surface area contributed by atoms with Crippen LogP contribution in [0.15, 0.2) is 46.5 Å². The molecule has 5 nitrogen and oxygen atoms in total. The van der Waals surface area contributed by atoms with Gasteiger partial charge in [0.1, 0.15) is 17.7 Å². The third-order valence-corrected chi connectivity index (χ3v) is 4.10. The van der Waals surface area contributed by atoms with Crippen LogP contribution >= 0.6 is 0 Å². The largest absolute Gasteiger partial charge is 0.419 e. The molecule has 0 saturated heterocycles. The molecule has 27 heavy (non-hydrogen) atoms. The van der Waals surface area contributed by atoms with Crippen LogP contribution in [0.25, 0.3) is 0 Å². The number of rotatable bonds is 3. The highest BCUT2D eigenvalue weighted by Crippen LogP contribution is 2.37. The second-order valence-electron chi connectivity index (χ2n) is 5.99. The molecule has 0 bridgehead atoms. The minimum absolute atomic E-state index is 0.0697. The van der Waals surface area contributed by atoms with Gasteiger partial charge in [0.25, 0.3) is 0 Å². The number of hydrogen-bond acceptors (Lipinski definition) is 5. The Hall–Kier alpha value is -2.81. The average Bonchev–Trinajstić information content (AvgIpc) is 2.78. The summed E-state index contributed by atoms with van der Waals surface area (Å²) < 4.78 is 53.7. The number of nitrogens with zero attached hydrogens (tertiary/aromatic N) is 3. The lowest BCUT2D eigenvalue weighted by atomic mass is 10.0. The van der Waals surface area contributed by atoms with Crippen molar-refractivity contribution >= 4 is 17.2 Å². The highest BCUT2D eigenvalue weighted by atomic mass is 19.4. The molecule has 1 aliphatic rings. The molecule has 0 spiro atoms. The lowest BCUT2D eigenvalue weighted by Gasteiger charge is -2.13. The normalized spacial score (nSPS) is 16.9. The van der Waals surface area contributed by atoms with Gasteiger partial charge in [-0.05, 0) is 30.7 Å². The van der Waals surface area contributed by atoms with Crippen molar-refractivity contribution in [1.29, 1.82) is 0 Å². The van der Waals surface area contributed by atoms with Gasteiger partial charge < -0.3 is 5.43 Å². The highest BCUT2D eigenvalue weighted by Gasteiger charge is 2.36. The molecule has 9 heteroatoms. The van der Waals surface area contributed by atoms with Gasteiger partial charge in [-0.15, -0.1) is 0 Å². The quantitative estimate of drug-likeness (QED) is 0.484. The zero-order valence-electron chi connectivity index (χ0n) is 14.4. The van der Waals surface area contributed by atoms with Crippen molar-refractivity contribution in [2.24, 2.45) is 15.8 Å². The molecule has 0 aliphatic carbocycles. The summed E-state index contributed by atoms with van der Waals surface area (Å²) in [6, 6.07) is 6.03. The number of hydrogen-bond donors (Lipinski definition) is 2. The first-order valence-corrected chi connectivity index (χ1v) is 8.30. The SMILES string of the molecule is CCCC1N=C(c2ccccn2)c2cc(F)c(C(F)(F)F)cc2N=C1NN. The number of fused-ring (bicyclic) bond motifs is 1. The summed E-state index contributed by atoms with van der Waals surface area (Å²) in [6.45, 7) is 1.93. The molecule has 0 radical (unpaired) electrons. The van der Waals surface area contributed by atoms with E-state index in [0.717, 1.165) is 12.5 Å². The molecular formula is C18H17F4N5. The molecule has 3 N–H and O–H groups in total. The van der Waals surface area contributed by atoms with Gasteiger partial charge in [-0.2, -0.15) is 13.2 Å². The Balaban J connectivity index is 2.28. The maximum absolute atomic E-state index is 14.2. The minimum Gasteiger partial charge on any atom is -0.310 e. The summed E-state index contributed by atoms with van der Waals surface area (Å²) in [7, 11) is 0. The fourth-order valence-electron chi connectivity index (χ4n) is 2.86. The lowest BCUT2D eigenvalue weighted by molar-refractivity contribution is -0.139. The van der Waals surface area contributed by atoms with Crippen molar-refractivity contribution in [3.8, 4) is 0 Å². The summed E-state index contributed by atoms with van der Waals surface area (Å²) in [5.74, 6) is 4.35. The van der Waals surface area contributed by atoms with E-state index >= 15 is 0 Å². The van der Waals surface area contributed by atoms with E-state index in [1.54, 1.807) is 18.2 Å².